The Morgan fingerprint density at radius 3 is 2.91 bits per heavy atom. The van der Waals surface area contributed by atoms with Crippen molar-refractivity contribution >= 4 is 5.91 Å². The minimum atomic E-state index is -0.122. The fourth-order valence-corrected chi connectivity index (χ4v) is 2.97. The van der Waals surface area contributed by atoms with Gasteiger partial charge < -0.3 is 11.1 Å². The molecule has 0 aliphatic heterocycles. The third kappa shape index (κ3) is 2.52. The summed E-state index contributed by atoms with van der Waals surface area (Å²) in [5.74, 6) is -0.122. The van der Waals surface area contributed by atoms with Crippen LogP contribution in [0.15, 0.2) is 24.3 Å². The van der Waals surface area contributed by atoms with Crippen LogP contribution in [0.5, 0.6) is 0 Å². The Hall–Kier alpha value is -2.14. The molecule has 0 bridgehead atoms. The number of nitrogens with zero attached hydrogens (tertiary/aromatic N) is 2. The molecule has 1 amide bonds. The lowest BCUT2D eigenvalue weighted by Gasteiger charge is -2.10. The molecule has 0 saturated heterocycles. The number of amides is 1. The summed E-state index contributed by atoms with van der Waals surface area (Å²) in [6.45, 7) is 4.39. The quantitative estimate of drug-likeness (QED) is 0.903. The van der Waals surface area contributed by atoms with Crippen molar-refractivity contribution in [2.24, 2.45) is 5.73 Å². The average Bonchev–Trinajstić information content (AvgIpc) is 3.09. The van der Waals surface area contributed by atoms with Crippen LogP contribution in [0.4, 0.5) is 0 Å². The molecule has 3 rings (SSSR count). The molecule has 5 heteroatoms. The highest BCUT2D eigenvalue weighted by atomic mass is 16.2. The molecule has 1 aromatic heterocycles. The standard InChI is InChI=1S/C17H22N4O/c1-11-6-3-4-8-14(11)21-15-9-5-7-13(15)16(20-21)17(22)19-12(2)10-18/h3-4,6,8,12H,5,7,9-10,18H2,1-2H3,(H,19,22)/t12-/m0/s1. The molecule has 1 aromatic carbocycles. The Kier molecular flexibility index (Phi) is 3.98. The number of aromatic nitrogens is 2. The third-order valence-electron chi connectivity index (χ3n) is 4.22. The molecule has 116 valence electrons. The first-order valence-electron chi connectivity index (χ1n) is 7.79. The number of aryl methyl sites for hydroxylation is 1. The van der Waals surface area contributed by atoms with Crippen LogP contribution in [0.3, 0.4) is 0 Å². The SMILES string of the molecule is Cc1ccccc1-n1nc(C(=O)N[C@@H](C)CN)c2c1CCC2. The van der Waals surface area contributed by atoms with E-state index in [9.17, 15) is 4.79 Å². The molecule has 1 aliphatic rings. The maximum atomic E-state index is 12.5. The van der Waals surface area contributed by atoms with Crippen LogP contribution in [0.2, 0.25) is 0 Å². The molecule has 0 unspecified atom stereocenters. The minimum absolute atomic E-state index is 0.0480. The number of hydrogen-bond acceptors (Lipinski definition) is 3. The third-order valence-corrected chi connectivity index (χ3v) is 4.22. The summed E-state index contributed by atoms with van der Waals surface area (Å²) in [4.78, 5) is 12.5. The first kappa shape index (κ1) is 14.8. The molecule has 0 spiro atoms. The Bertz CT molecular complexity index is 705. The number of para-hydroxylation sites is 1. The molecular formula is C17H22N4O. The number of carbonyl (C=O) groups excluding carboxylic acids is 1. The van der Waals surface area contributed by atoms with Gasteiger partial charge in [0.2, 0.25) is 0 Å². The summed E-state index contributed by atoms with van der Waals surface area (Å²) in [6, 6.07) is 8.08. The van der Waals surface area contributed by atoms with Crippen molar-refractivity contribution < 1.29 is 4.79 Å². The van der Waals surface area contributed by atoms with Crippen molar-refractivity contribution in [1.29, 1.82) is 0 Å². The molecule has 3 N–H and O–H groups in total. The summed E-state index contributed by atoms with van der Waals surface area (Å²) < 4.78 is 1.94. The van der Waals surface area contributed by atoms with Gasteiger partial charge in [0, 0.05) is 23.8 Å². The number of nitrogens with one attached hydrogen (secondary N) is 1. The monoisotopic (exact) mass is 298 g/mol. The average molecular weight is 298 g/mol. The molecule has 0 fully saturated rings. The van der Waals surface area contributed by atoms with E-state index in [1.54, 1.807) is 0 Å². The normalized spacial score (nSPS) is 14.7. The van der Waals surface area contributed by atoms with Crippen molar-refractivity contribution in [2.45, 2.75) is 39.2 Å². The Labute approximate surface area is 130 Å². The maximum absolute atomic E-state index is 12.5. The van der Waals surface area contributed by atoms with Crippen LogP contribution in [-0.2, 0) is 12.8 Å². The van der Waals surface area contributed by atoms with E-state index in [0.717, 1.165) is 36.1 Å². The van der Waals surface area contributed by atoms with E-state index in [-0.39, 0.29) is 11.9 Å². The Morgan fingerprint density at radius 1 is 1.41 bits per heavy atom. The first-order valence-corrected chi connectivity index (χ1v) is 7.79. The Balaban J connectivity index is 2.03. The van der Waals surface area contributed by atoms with E-state index >= 15 is 0 Å². The molecule has 2 aromatic rings. The van der Waals surface area contributed by atoms with Gasteiger partial charge in [-0.05, 0) is 44.7 Å². The second-order valence-corrected chi connectivity index (χ2v) is 5.94. The lowest BCUT2D eigenvalue weighted by molar-refractivity contribution is 0.0935. The molecule has 22 heavy (non-hydrogen) atoms. The van der Waals surface area contributed by atoms with Gasteiger partial charge in [-0.15, -0.1) is 0 Å². The number of carbonyl (C=O) groups is 1. The largest absolute Gasteiger partial charge is 0.347 e. The number of hydrogen-bond donors (Lipinski definition) is 2. The van der Waals surface area contributed by atoms with Gasteiger partial charge in [0.25, 0.3) is 5.91 Å². The summed E-state index contributed by atoms with van der Waals surface area (Å²) in [6.07, 6.45) is 2.96. The topological polar surface area (TPSA) is 72.9 Å². The van der Waals surface area contributed by atoms with E-state index in [4.69, 9.17) is 5.73 Å². The van der Waals surface area contributed by atoms with Gasteiger partial charge in [-0.1, -0.05) is 18.2 Å². The second kappa shape index (κ2) is 5.93. The maximum Gasteiger partial charge on any atom is 0.272 e. The fraction of sp³-hybridized carbons (Fsp3) is 0.412. The molecular weight excluding hydrogens is 276 g/mol. The zero-order chi connectivity index (χ0) is 15.7. The molecule has 1 heterocycles. The summed E-state index contributed by atoms with van der Waals surface area (Å²) >= 11 is 0. The van der Waals surface area contributed by atoms with Crippen LogP contribution in [-0.4, -0.2) is 28.3 Å². The smallest absolute Gasteiger partial charge is 0.272 e. The lowest BCUT2D eigenvalue weighted by Crippen LogP contribution is -2.38. The zero-order valence-corrected chi connectivity index (χ0v) is 13.1. The number of fused-ring (bicyclic) bond motifs is 1. The number of rotatable bonds is 4. The van der Waals surface area contributed by atoms with Crippen LogP contribution < -0.4 is 11.1 Å². The molecule has 1 atom stereocenters. The van der Waals surface area contributed by atoms with Gasteiger partial charge >= 0.3 is 0 Å². The van der Waals surface area contributed by atoms with Gasteiger partial charge in [0.1, 0.15) is 0 Å². The van der Waals surface area contributed by atoms with Gasteiger partial charge in [0.05, 0.1) is 5.69 Å². The van der Waals surface area contributed by atoms with Crippen LogP contribution in [0.25, 0.3) is 5.69 Å². The van der Waals surface area contributed by atoms with E-state index in [0.29, 0.717) is 12.2 Å². The number of benzene rings is 1. The van der Waals surface area contributed by atoms with E-state index < -0.39 is 0 Å². The second-order valence-electron chi connectivity index (χ2n) is 5.94. The van der Waals surface area contributed by atoms with Crippen molar-refractivity contribution in [2.75, 3.05) is 6.54 Å². The van der Waals surface area contributed by atoms with Crippen LogP contribution in [0.1, 0.15) is 40.7 Å². The molecule has 0 saturated carbocycles. The lowest BCUT2D eigenvalue weighted by atomic mass is 10.1. The van der Waals surface area contributed by atoms with Gasteiger partial charge in [0.15, 0.2) is 5.69 Å². The predicted octanol–water partition coefficient (Wildman–Crippen LogP) is 1.75. The van der Waals surface area contributed by atoms with Crippen molar-refractivity contribution in [3.63, 3.8) is 0 Å². The first-order chi connectivity index (χ1) is 10.6. The summed E-state index contributed by atoms with van der Waals surface area (Å²) in [7, 11) is 0. The molecule has 5 nitrogen and oxygen atoms in total. The highest BCUT2D eigenvalue weighted by Crippen LogP contribution is 2.28. The summed E-state index contributed by atoms with van der Waals surface area (Å²) in [5.41, 5.74) is 10.6. The minimum Gasteiger partial charge on any atom is -0.347 e. The molecule has 0 radical (unpaired) electrons. The van der Waals surface area contributed by atoms with E-state index in [1.807, 2.05) is 29.8 Å². The molecule has 1 aliphatic carbocycles. The highest BCUT2D eigenvalue weighted by molar-refractivity contribution is 5.94. The van der Waals surface area contributed by atoms with Gasteiger partial charge in [-0.2, -0.15) is 5.10 Å². The Morgan fingerprint density at radius 2 is 2.18 bits per heavy atom. The predicted molar refractivity (Wildman–Crippen MR) is 86.3 cm³/mol. The van der Waals surface area contributed by atoms with Crippen molar-refractivity contribution in [3.8, 4) is 5.69 Å². The fourth-order valence-electron chi connectivity index (χ4n) is 2.97. The van der Waals surface area contributed by atoms with Crippen molar-refractivity contribution in [1.82, 2.24) is 15.1 Å². The highest BCUT2D eigenvalue weighted by Gasteiger charge is 2.27. The van der Waals surface area contributed by atoms with Gasteiger partial charge in [-0.3, -0.25) is 4.79 Å². The van der Waals surface area contributed by atoms with Crippen molar-refractivity contribution in [3.05, 3.63) is 46.8 Å². The van der Waals surface area contributed by atoms with Crippen LogP contribution in [0, 0.1) is 6.92 Å². The summed E-state index contributed by atoms with van der Waals surface area (Å²) in [5, 5.41) is 7.53. The van der Waals surface area contributed by atoms with E-state index in [1.165, 1.54) is 5.69 Å². The van der Waals surface area contributed by atoms with Gasteiger partial charge in [-0.25, -0.2) is 4.68 Å². The van der Waals surface area contributed by atoms with E-state index in [2.05, 4.69) is 23.4 Å². The van der Waals surface area contributed by atoms with Crippen LogP contribution >= 0.6 is 0 Å². The number of nitrogens with two attached hydrogens (primary N) is 1. The zero-order valence-electron chi connectivity index (χ0n) is 13.1.